The van der Waals surface area contributed by atoms with Gasteiger partial charge >= 0.3 is 0 Å². The summed E-state index contributed by atoms with van der Waals surface area (Å²) in [4.78, 5) is 19.0. The zero-order chi connectivity index (χ0) is 21.4. The lowest BCUT2D eigenvalue weighted by molar-refractivity contribution is -0.124. The molecule has 0 aromatic heterocycles. The molecule has 3 N–H and O–H groups in total. The van der Waals surface area contributed by atoms with E-state index in [1.54, 1.807) is 7.05 Å². The van der Waals surface area contributed by atoms with Gasteiger partial charge in [0.05, 0.1) is 13.2 Å². The molecule has 1 amide bonds. The Hall–Kier alpha value is -2.16. The predicted molar refractivity (Wildman–Crippen MR) is 119 cm³/mol. The third-order valence-corrected chi connectivity index (χ3v) is 5.66. The SMILES string of the molecule is CN=C(NCc1cccc(NC(=O)C2CCCO2)c1)NCC(C)(C)N1CCOCC1. The number of carbonyl (C=O) groups excluding carboxylic acids is 1. The van der Waals surface area contributed by atoms with E-state index in [2.05, 4.69) is 39.7 Å². The smallest absolute Gasteiger partial charge is 0.253 e. The highest BCUT2D eigenvalue weighted by molar-refractivity contribution is 5.94. The van der Waals surface area contributed by atoms with Crippen molar-refractivity contribution in [1.82, 2.24) is 15.5 Å². The summed E-state index contributed by atoms with van der Waals surface area (Å²) in [5.41, 5.74) is 1.86. The number of guanidine groups is 1. The number of carbonyl (C=O) groups is 1. The van der Waals surface area contributed by atoms with Crippen LogP contribution >= 0.6 is 0 Å². The Morgan fingerprint density at radius 2 is 2.03 bits per heavy atom. The fraction of sp³-hybridized carbons (Fsp3) is 0.636. The van der Waals surface area contributed by atoms with E-state index in [9.17, 15) is 4.79 Å². The first-order valence-corrected chi connectivity index (χ1v) is 10.8. The first-order chi connectivity index (χ1) is 14.5. The van der Waals surface area contributed by atoms with Gasteiger partial charge in [0, 0.05) is 51.1 Å². The van der Waals surface area contributed by atoms with E-state index >= 15 is 0 Å². The molecule has 1 aromatic rings. The average molecular weight is 418 g/mol. The van der Waals surface area contributed by atoms with Gasteiger partial charge in [-0.05, 0) is 44.4 Å². The molecule has 30 heavy (non-hydrogen) atoms. The molecule has 166 valence electrons. The van der Waals surface area contributed by atoms with Gasteiger partial charge in [0.1, 0.15) is 6.10 Å². The number of amides is 1. The molecule has 0 spiro atoms. The molecule has 0 bridgehead atoms. The monoisotopic (exact) mass is 417 g/mol. The quantitative estimate of drug-likeness (QED) is 0.461. The Labute approximate surface area is 179 Å². The maximum Gasteiger partial charge on any atom is 0.253 e. The molecule has 2 heterocycles. The molecule has 0 aliphatic carbocycles. The molecule has 0 saturated carbocycles. The van der Waals surface area contributed by atoms with Gasteiger partial charge in [-0.15, -0.1) is 0 Å². The van der Waals surface area contributed by atoms with Gasteiger partial charge in [-0.25, -0.2) is 0 Å². The summed E-state index contributed by atoms with van der Waals surface area (Å²) in [6, 6.07) is 7.85. The molecule has 8 heteroatoms. The predicted octanol–water partition coefficient (Wildman–Crippen LogP) is 1.58. The van der Waals surface area contributed by atoms with E-state index in [4.69, 9.17) is 9.47 Å². The largest absolute Gasteiger partial charge is 0.379 e. The van der Waals surface area contributed by atoms with Crippen LogP contribution in [0.2, 0.25) is 0 Å². The van der Waals surface area contributed by atoms with E-state index in [1.807, 2.05) is 24.3 Å². The number of rotatable bonds is 7. The second kappa shape index (κ2) is 10.7. The zero-order valence-corrected chi connectivity index (χ0v) is 18.4. The van der Waals surface area contributed by atoms with Crippen LogP contribution in [0.4, 0.5) is 5.69 Å². The highest BCUT2D eigenvalue weighted by Gasteiger charge is 2.28. The molecule has 1 aromatic carbocycles. The number of hydrogen-bond acceptors (Lipinski definition) is 5. The molecule has 3 rings (SSSR count). The second-order valence-corrected chi connectivity index (χ2v) is 8.38. The Balaban J connectivity index is 1.48. The van der Waals surface area contributed by atoms with E-state index in [0.29, 0.717) is 13.2 Å². The Morgan fingerprint density at radius 3 is 2.73 bits per heavy atom. The molecule has 8 nitrogen and oxygen atoms in total. The van der Waals surface area contributed by atoms with Crippen LogP contribution in [-0.4, -0.2) is 74.9 Å². The number of benzene rings is 1. The lowest BCUT2D eigenvalue weighted by atomic mass is 10.0. The average Bonchev–Trinajstić information content (AvgIpc) is 3.30. The fourth-order valence-electron chi connectivity index (χ4n) is 3.75. The molecule has 2 aliphatic heterocycles. The third kappa shape index (κ3) is 6.42. The molecule has 2 fully saturated rings. The van der Waals surface area contributed by atoms with Gasteiger partial charge < -0.3 is 25.4 Å². The van der Waals surface area contributed by atoms with Crippen molar-refractivity contribution in [2.24, 2.45) is 4.99 Å². The van der Waals surface area contributed by atoms with Gasteiger partial charge in [0.25, 0.3) is 5.91 Å². The highest BCUT2D eigenvalue weighted by Crippen LogP contribution is 2.17. The number of ether oxygens (including phenoxy) is 2. The number of hydrogen-bond donors (Lipinski definition) is 3. The Bertz CT molecular complexity index is 725. The number of morpholine rings is 1. The molecule has 2 saturated heterocycles. The van der Waals surface area contributed by atoms with Gasteiger partial charge in [0.2, 0.25) is 0 Å². The maximum absolute atomic E-state index is 12.3. The summed E-state index contributed by atoms with van der Waals surface area (Å²) in [6.45, 7) is 10.0. The number of anilines is 1. The topological polar surface area (TPSA) is 87.2 Å². The maximum atomic E-state index is 12.3. The van der Waals surface area contributed by atoms with Gasteiger partial charge in [0.15, 0.2) is 5.96 Å². The van der Waals surface area contributed by atoms with Crippen LogP contribution in [0.1, 0.15) is 32.3 Å². The fourth-order valence-corrected chi connectivity index (χ4v) is 3.75. The van der Waals surface area contributed by atoms with Gasteiger partial charge in [-0.3, -0.25) is 14.7 Å². The van der Waals surface area contributed by atoms with Crippen molar-refractivity contribution in [1.29, 1.82) is 0 Å². The van der Waals surface area contributed by atoms with E-state index < -0.39 is 0 Å². The lowest BCUT2D eigenvalue weighted by Gasteiger charge is -2.41. The van der Waals surface area contributed by atoms with Crippen LogP contribution in [0.25, 0.3) is 0 Å². The standard InChI is InChI=1S/C22H35N5O3/c1-22(2,27-9-12-29-13-10-27)16-25-21(23-3)24-15-17-6-4-7-18(14-17)26-20(28)19-8-5-11-30-19/h4,6-7,14,19H,5,8-13,15-16H2,1-3H3,(H,26,28)(H2,23,24,25). The molecule has 2 aliphatic rings. The van der Waals surface area contributed by atoms with Gasteiger partial charge in [-0.1, -0.05) is 12.1 Å². The molecular weight excluding hydrogens is 382 g/mol. The van der Waals surface area contributed by atoms with Crippen LogP contribution in [-0.2, 0) is 20.8 Å². The van der Waals surface area contributed by atoms with E-state index in [-0.39, 0.29) is 17.6 Å². The van der Waals surface area contributed by atoms with E-state index in [1.165, 1.54) is 0 Å². The summed E-state index contributed by atoms with van der Waals surface area (Å²) in [6.07, 6.45) is 1.40. The molecule has 0 radical (unpaired) electrons. The highest BCUT2D eigenvalue weighted by atomic mass is 16.5. The minimum absolute atomic E-state index is 0.00785. The molecular formula is C22H35N5O3. The minimum atomic E-state index is -0.329. The number of aliphatic imine (C=N–C) groups is 1. The van der Waals surface area contributed by atoms with Crippen molar-refractivity contribution in [2.75, 3.05) is 51.8 Å². The van der Waals surface area contributed by atoms with Crippen LogP contribution < -0.4 is 16.0 Å². The summed E-state index contributed by atoms with van der Waals surface area (Å²) < 4.78 is 10.9. The van der Waals surface area contributed by atoms with Crippen molar-refractivity contribution in [3.05, 3.63) is 29.8 Å². The Morgan fingerprint density at radius 1 is 1.23 bits per heavy atom. The molecule has 1 unspecified atom stereocenters. The van der Waals surface area contributed by atoms with Crippen LogP contribution in [0, 0.1) is 0 Å². The lowest BCUT2D eigenvalue weighted by Crippen LogP contribution is -2.56. The Kier molecular flexibility index (Phi) is 8.07. The summed E-state index contributed by atoms with van der Waals surface area (Å²) in [5, 5.41) is 9.74. The molecule has 1 atom stereocenters. The van der Waals surface area contributed by atoms with Crippen LogP contribution in [0.15, 0.2) is 29.3 Å². The van der Waals surface area contributed by atoms with Crippen molar-refractivity contribution in [3.8, 4) is 0 Å². The second-order valence-electron chi connectivity index (χ2n) is 8.38. The summed E-state index contributed by atoms with van der Waals surface area (Å²) in [7, 11) is 1.77. The van der Waals surface area contributed by atoms with Crippen molar-refractivity contribution in [2.45, 2.75) is 44.9 Å². The van der Waals surface area contributed by atoms with Gasteiger partial charge in [-0.2, -0.15) is 0 Å². The van der Waals surface area contributed by atoms with Crippen molar-refractivity contribution in [3.63, 3.8) is 0 Å². The van der Waals surface area contributed by atoms with Crippen molar-refractivity contribution >= 4 is 17.6 Å². The van der Waals surface area contributed by atoms with Crippen molar-refractivity contribution < 1.29 is 14.3 Å². The first-order valence-electron chi connectivity index (χ1n) is 10.8. The normalized spacial score (nSPS) is 20.8. The van der Waals surface area contributed by atoms with Crippen LogP contribution in [0.3, 0.4) is 0 Å². The van der Waals surface area contributed by atoms with Crippen LogP contribution in [0.5, 0.6) is 0 Å². The number of nitrogens with zero attached hydrogens (tertiary/aromatic N) is 2. The summed E-state index contributed by atoms with van der Waals surface area (Å²) in [5.74, 6) is 0.686. The summed E-state index contributed by atoms with van der Waals surface area (Å²) >= 11 is 0. The number of nitrogens with one attached hydrogen (secondary N) is 3. The van der Waals surface area contributed by atoms with E-state index in [0.717, 1.165) is 62.9 Å². The minimum Gasteiger partial charge on any atom is -0.379 e. The first kappa shape index (κ1) is 22.5. The third-order valence-electron chi connectivity index (χ3n) is 5.66. The zero-order valence-electron chi connectivity index (χ0n) is 18.4.